The van der Waals surface area contributed by atoms with Crippen molar-refractivity contribution in [3.8, 4) is 5.75 Å². The van der Waals surface area contributed by atoms with Crippen molar-refractivity contribution in [2.45, 2.75) is 4.90 Å². The lowest BCUT2D eigenvalue weighted by Gasteiger charge is -2.36. The van der Waals surface area contributed by atoms with E-state index < -0.39 is 15.8 Å². The second-order valence-corrected chi connectivity index (χ2v) is 8.86. The van der Waals surface area contributed by atoms with E-state index in [9.17, 15) is 13.2 Å². The molecule has 1 aliphatic heterocycles. The molecule has 0 atom stereocenters. The standard InChI is InChI=1S/C20H24N4O5S/c1-28-16-4-2-15(3-5-16)24-12-10-23(11-13-24)9-8-21-30(26,27)17-6-7-18-19(14-17)29-20(25)22-18/h2-7,14,21H,8-13H2,1H3,(H,22,25). The molecule has 1 aromatic heterocycles. The number of fused-ring (bicyclic) bond motifs is 1. The van der Waals surface area contributed by atoms with Crippen LogP contribution in [0.2, 0.25) is 0 Å². The summed E-state index contributed by atoms with van der Waals surface area (Å²) in [7, 11) is -2.03. The lowest BCUT2D eigenvalue weighted by molar-refractivity contribution is 0.262. The summed E-state index contributed by atoms with van der Waals surface area (Å²) in [6.45, 7) is 4.39. The number of nitrogens with one attached hydrogen (secondary N) is 2. The number of hydrogen-bond acceptors (Lipinski definition) is 7. The van der Waals surface area contributed by atoms with Crippen molar-refractivity contribution < 1.29 is 17.6 Å². The molecule has 0 bridgehead atoms. The first-order valence-corrected chi connectivity index (χ1v) is 11.2. The number of oxazole rings is 1. The number of piperazine rings is 1. The van der Waals surface area contributed by atoms with Gasteiger partial charge < -0.3 is 14.1 Å². The molecule has 1 aliphatic rings. The van der Waals surface area contributed by atoms with E-state index in [0.717, 1.165) is 37.6 Å². The Hall–Kier alpha value is -2.82. The van der Waals surface area contributed by atoms with Gasteiger partial charge in [-0.1, -0.05) is 0 Å². The molecule has 0 aliphatic carbocycles. The molecule has 0 radical (unpaired) electrons. The number of sulfonamides is 1. The summed E-state index contributed by atoms with van der Waals surface area (Å²) in [6, 6.07) is 12.3. The molecule has 2 heterocycles. The number of ether oxygens (including phenoxy) is 1. The van der Waals surface area contributed by atoms with Crippen LogP contribution in [0.25, 0.3) is 11.1 Å². The highest BCUT2D eigenvalue weighted by atomic mass is 32.2. The monoisotopic (exact) mass is 432 g/mol. The molecular weight excluding hydrogens is 408 g/mol. The summed E-state index contributed by atoms with van der Waals surface area (Å²) in [5, 5.41) is 0. The summed E-state index contributed by atoms with van der Waals surface area (Å²) in [5.74, 6) is 0.226. The highest BCUT2D eigenvalue weighted by molar-refractivity contribution is 7.89. The summed E-state index contributed by atoms with van der Waals surface area (Å²) in [6.07, 6.45) is 0. The molecule has 3 aromatic rings. The normalized spacial score (nSPS) is 15.6. The highest BCUT2D eigenvalue weighted by Gasteiger charge is 2.19. The van der Waals surface area contributed by atoms with Crippen LogP contribution in [-0.2, 0) is 10.0 Å². The molecule has 4 rings (SSSR count). The fourth-order valence-electron chi connectivity index (χ4n) is 3.54. The van der Waals surface area contributed by atoms with Gasteiger partial charge in [0.25, 0.3) is 0 Å². The Kier molecular flexibility index (Phi) is 5.80. The Morgan fingerprint density at radius 1 is 1.10 bits per heavy atom. The van der Waals surface area contributed by atoms with Crippen molar-refractivity contribution in [1.82, 2.24) is 14.6 Å². The lowest BCUT2D eigenvalue weighted by Crippen LogP contribution is -2.48. The highest BCUT2D eigenvalue weighted by Crippen LogP contribution is 2.20. The van der Waals surface area contributed by atoms with Crippen LogP contribution in [0, 0.1) is 0 Å². The summed E-state index contributed by atoms with van der Waals surface area (Å²) < 4.78 is 37.8. The number of hydrogen-bond donors (Lipinski definition) is 2. The Morgan fingerprint density at radius 3 is 2.53 bits per heavy atom. The zero-order valence-electron chi connectivity index (χ0n) is 16.6. The van der Waals surface area contributed by atoms with E-state index in [2.05, 4.69) is 19.5 Å². The van der Waals surface area contributed by atoms with Gasteiger partial charge in [0.2, 0.25) is 10.0 Å². The molecule has 2 N–H and O–H groups in total. The smallest absolute Gasteiger partial charge is 0.417 e. The number of benzene rings is 2. The molecule has 1 saturated heterocycles. The van der Waals surface area contributed by atoms with Crippen molar-refractivity contribution in [3.63, 3.8) is 0 Å². The second kappa shape index (κ2) is 8.50. The number of nitrogens with zero attached hydrogens (tertiary/aromatic N) is 2. The Labute approximate surface area is 174 Å². The number of rotatable bonds is 7. The van der Waals surface area contributed by atoms with Crippen LogP contribution in [0.1, 0.15) is 0 Å². The number of aromatic amines is 1. The van der Waals surface area contributed by atoms with E-state index in [0.29, 0.717) is 18.6 Å². The number of aromatic nitrogens is 1. The number of H-pyrrole nitrogens is 1. The third-order valence-corrected chi connectivity index (χ3v) is 6.69. The maximum Gasteiger partial charge on any atom is 0.417 e. The predicted molar refractivity (Wildman–Crippen MR) is 114 cm³/mol. The van der Waals surface area contributed by atoms with Crippen LogP contribution in [0.4, 0.5) is 5.69 Å². The summed E-state index contributed by atoms with van der Waals surface area (Å²) >= 11 is 0. The first-order chi connectivity index (χ1) is 14.4. The van der Waals surface area contributed by atoms with Gasteiger partial charge in [-0.15, -0.1) is 0 Å². The third kappa shape index (κ3) is 4.50. The summed E-state index contributed by atoms with van der Waals surface area (Å²) in [5.41, 5.74) is 1.84. The van der Waals surface area contributed by atoms with Crippen LogP contribution < -0.4 is 20.1 Å². The van der Waals surface area contributed by atoms with E-state index in [1.54, 1.807) is 7.11 Å². The van der Waals surface area contributed by atoms with Gasteiger partial charge in [0.15, 0.2) is 5.58 Å². The fourth-order valence-corrected chi connectivity index (χ4v) is 4.57. The van der Waals surface area contributed by atoms with E-state index in [1.165, 1.54) is 18.2 Å². The Balaban J connectivity index is 1.28. The molecule has 9 nitrogen and oxygen atoms in total. The van der Waals surface area contributed by atoms with Crippen LogP contribution in [0.3, 0.4) is 0 Å². The maximum atomic E-state index is 12.5. The van der Waals surface area contributed by atoms with Gasteiger partial charge in [-0.3, -0.25) is 9.88 Å². The molecule has 1 fully saturated rings. The number of anilines is 1. The van der Waals surface area contributed by atoms with E-state index in [-0.39, 0.29) is 10.5 Å². The first kappa shape index (κ1) is 20.5. The molecule has 2 aromatic carbocycles. The zero-order chi connectivity index (χ0) is 21.1. The minimum absolute atomic E-state index is 0.0714. The minimum atomic E-state index is -3.68. The van der Waals surface area contributed by atoms with Gasteiger partial charge in [0.1, 0.15) is 5.75 Å². The average molecular weight is 433 g/mol. The van der Waals surface area contributed by atoms with Gasteiger partial charge in [-0.2, -0.15) is 0 Å². The fraction of sp³-hybridized carbons (Fsp3) is 0.350. The van der Waals surface area contributed by atoms with E-state index >= 15 is 0 Å². The van der Waals surface area contributed by atoms with Crippen LogP contribution in [-0.4, -0.2) is 64.7 Å². The van der Waals surface area contributed by atoms with Crippen LogP contribution >= 0.6 is 0 Å². The van der Waals surface area contributed by atoms with Gasteiger partial charge in [0, 0.05) is 51.0 Å². The van der Waals surface area contributed by atoms with Crippen molar-refractivity contribution >= 4 is 26.8 Å². The van der Waals surface area contributed by atoms with Crippen molar-refractivity contribution in [2.24, 2.45) is 0 Å². The zero-order valence-corrected chi connectivity index (χ0v) is 17.4. The molecule has 160 valence electrons. The average Bonchev–Trinajstić information content (AvgIpc) is 3.13. The maximum absolute atomic E-state index is 12.5. The Bertz CT molecular complexity index is 1160. The SMILES string of the molecule is COc1ccc(N2CCN(CCNS(=O)(=O)c3ccc4[nH]c(=O)oc4c3)CC2)cc1. The minimum Gasteiger partial charge on any atom is -0.497 e. The molecule has 0 unspecified atom stereocenters. The predicted octanol–water partition coefficient (Wildman–Crippen LogP) is 1.23. The van der Waals surface area contributed by atoms with Crippen molar-refractivity contribution in [3.05, 3.63) is 53.0 Å². The van der Waals surface area contributed by atoms with Crippen molar-refractivity contribution in [2.75, 3.05) is 51.3 Å². The van der Waals surface area contributed by atoms with Gasteiger partial charge in [0.05, 0.1) is 17.5 Å². The van der Waals surface area contributed by atoms with Gasteiger partial charge >= 0.3 is 5.76 Å². The van der Waals surface area contributed by atoms with Crippen LogP contribution in [0.5, 0.6) is 5.75 Å². The van der Waals surface area contributed by atoms with Gasteiger partial charge in [-0.05, 0) is 36.4 Å². The van der Waals surface area contributed by atoms with Crippen molar-refractivity contribution in [1.29, 1.82) is 0 Å². The molecule has 0 amide bonds. The number of methoxy groups -OCH3 is 1. The van der Waals surface area contributed by atoms with Gasteiger partial charge in [-0.25, -0.2) is 17.9 Å². The van der Waals surface area contributed by atoms with E-state index in [4.69, 9.17) is 9.15 Å². The molecule has 10 heteroatoms. The second-order valence-electron chi connectivity index (χ2n) is 7.10. The largest absolute Gasteiger partial charge is 0.497 e. The Morgan fingerprint density at radius 2 is 1.83 bits per heavy atom. The van der Waals surface area contributed by atoms with E-state index in [1.807, 2.05) is 24.3 Å². The lowest BCUT2D eigenvalue weighted by atomic mass is 10.2. The third-order valence-electron chi connectivity index (χ3n) is 5.23. The quantitative estimate of drug-likeness (QED) is 0.578. The molecule has 0 spiro atoms. The first-order valence-electron chi connectivity index (χ1n) is 9.68. The molecule has 30 heavy (non-hydrogen) atoms. The topological polar surface area (TPSA) is 108 Å². The summed E-state index contributed by atoms with van der Waals surface area (Å²) in [4.78, 5) is 18.3. The van der Waals surface area contributed by atoms with Crippen LogP contribution in [0.15, 0.2) is 56.6 Å². The molecule has 0 saturated carbocycles. The molecular formula is C20H24N4O5S.